The summed E-state index contributed by atoms with van der Waals surface area (Å²) in [5, 5.41) is 3.38. The van der Waals surface area contributed by atoms with Crippen LogP contribution in [0.1, 0.15) is 19.4 Å². The van der Waals surface area contributed by atoms with Crippen LogP contribution in [-0.2, 0) is 6.54 Å². The Morgan fingerprint density at radius 2 is 1.89 bits per heavy atom. The molecule has 0 radical (unpaired) electrons. The van der Waals surface area contributed by atoms with Gasteiger partial charge in [0.15, 0.2) is 0 Å². The van der Waals surface area contributed by atoms with E-state index in [0.717, 1.165) is 27.6 Å². The molecular weight excluding hydrogens is 365 g/mol. The molecule has 102 valence electrons. The van der Waals surface area contributed by atoms with Gasteiger partial charge in [0.2, 0.25) is 0 Å². The van der Waals surface area contributed by atoms with Crippen LogP contribution >= 0.6 is 31.9 Å². The van der Waals surface area contributed by atoms with E-state index < -0.39 is 6.67 Å². The second-order valence-corrected chi connectivity index (χ2v) is 6.16. The third-order valence-corrected chi connectivity index (χ3v) is 3.44. The van der Waals surface area contributed by atoms with E-state index in [-0.39, 0.29) is 6.61 Å². The maximum absolute atomic E-state index is 12.1. The fraction of sp³-hybridized carbons (Fsp3) is 0.538. The Balaban J connectivity index is 2.67. The molecule has 0 spiro atoms. The molecule has 0 unspecified atom stereocenters. The van der Waals surface area contributed by atoms with Gasteiger partial charge >= 0.3 is 0 Å². The number of ether oxygens (including phenoxy) is 1. The lowest BCUT2D eigenvalue weighted by molar-refractivity contribution is 0.270. The van der Waals surface area contributed by atoms with Crippen LogP contribution in [0.4, 0.5) is 4.39 Å². The van der Waals surface area contributed by atoms with Gasteiger partial charge in [-0.3, -0.25) is 0 Å². The van der Waals surface area contributed by atoms with E-state index in [4.69, 9.17) is 4.74 Å². The van der Waals surface area contributed by atoms with E-state index in [1.807, 2.05) is 12.1 Å². The highest BCUT2D eigenvalue weighted by atomic mass is 79.9. The molecule has 0 aromatic heterocycles. The summed E-state index contributed by atoms with van der Waals surface area (Å²) in [6, 6.07) is 3.98. The number of hydrogen-bond acceptors (Lipinski definition) is 2. The molecule has 2 nitrogen and oxygen atoms in total. The predicted molar refractivity (Wildman–Crippen MR) is 79.9 cm³/mol. The molecule has 0 amide bonds. The third-order valence-electron chi connectivity index (χ3n) is 2.26. The molecule has 0 saturated carbocycles. The van der Waals surface area contributed by atoms with Crippen molar-refractivity contribution in [1.29, 1.82) is 0 Å². The number of benzene rings is 1. The van der Waals surface area contributed by atoms with E-state index in [9.17, 15) is 4.39 Å². The zero-order chi connectivity index (χ0) is 13.5. The lowest BCUT2D eigenvalue weighted by atomic mass is 10.2. The molecule has 0 fully saturated rings. The molecule has 0 saturated heterocycles. The number of halogens is 3. The van der Waals surface area contributed by atoms with Crippen molar-refractivity contribution in [2.75, 3.05) is 19.8 Å². The quantitative estimate of drug-likeness (QED) is 0.758. The van der Waals surface area contributed by atoms with Gasteiger partial charge < -0.3 is 10.1 Å². The maximum atomic E-state index is 12.1. The molecule has 1 aromatic carbocycles. The van der Waals surface area contributed by atoms with Gasteiger partial charge in [0, 0.05) is 6.54 Å². The SMILES string of the molecule is CC(C)CNCc1cc(Br)c(OCCF)c(Br)c1. The molecular formula is C13H18Br2FNO. The van der Waals surface area contributed by atoms with Crippen molar-refractivity contribution in [2.45, 2.75) is 20.4 Å². The highest BCUT2D eigenvalue weighted by Crippen LogP contribution is 2.34. The van der Waals surface area contributed by atoms with Crippen molar-refractivity contribution < 1.29 is 9.13 Å². The van der Waals surface area contributed by atoms with Crippen molar-refractivity contribution in [3.05, 3.63) is 26.6 Å². The zero-order valence-electron chi connectivity index (χ0n) is 10.6. The number of nitrogens with one attached hydrogen (secondary N) is 1. The molecule has 0 aliphatic rings. The number of alkyl halides is 1. The van der Waals surface area contributed by atoms with Gasteiger partial charge in [0.1, 0.15) is 19.0 Å². The van der Waals surface area contributed by atoms with Crippen LogP contribution in [-0.4, -0.2) is 19.8 Å². The summed E-state index contributed by atoms with van der Waals surface area (Å²) in [6.45, 7) is 5.71. The molecule has 0 bridgehead atoms. The average molecular weight is 383 g/mol. The first-order chi connectivity index (χ1) is 8.54. The van der Waals surface area contributed by atoms with Gasteiger partial charge in [-0.05, 0) is 62.0 Å². The average Bonchev–Trinajstić information content (AvgIpc) is 2.27. The monoisotopic (exact) mass is 381 g/mol. The predicted octanol–water partition coefficient (Wildman–Crippen LogP) is 4.31. The highest BCUT2D eigenvalue weighted by molar-refractivity contribution is 9.11. The summed E-state index contributed by atoms with van der Waals surface area (Å²) in [7, 11) is 0. The summed E-state index contributed by atoms with van der Waals surface area (Å²) in [6.07, 6.45) is 0. The molecule has 1 rings (SSSR count). The maximum Gasteiger partial charge on any atom is 0.147 e. The van der Waals surface area contributed by atoms with Crippen LogP contribution < -0.4 is 10.1 Å². The van der Waals surface area contributed by atoms with E-state index in [1.54, 1.807) is 0 Å². The highest BCUT2D eigenvalue weighted by Gasteiger charge is 2.09. The van der Waals surface area contributed by atoms with Crippen LogP contribution in [0, 0.1) is 5.92 Å². The standard InChI is InChI=1S/C13H18Br2FNO/c1-9(2)7-17-8-10-5-11(14)13(12(15)6-10)18-4-3-16/h5-6,9,17H,3-4,7-8H2,1-2H3. The van der Waals surface area contributed by atoms with E-state index >= 15 is 0 Å². The first-order valence-electron chi connectivity index (χ1n) is 5.92. The van der Waals surface area contributed by atoms with Crippen LogP contribution in [0.25, 0.3) is 0 Å². The Bertz CT molecular complexity index is 362. The Morgan fingerprint density at radius 3 is 2.39 bits per heavy atom. The second kappa shape index (κ2) is 8.12. The summed E-state index contributed by atoms with van der Waals surface area (Å²) < 4.78 is 19.1. The van der Waals surface area contributed by atoms with E-state index in [0.29, 0.717) is 11.7 Å². The van der Waals surface area contributed by atoms with Gasteiger partial charge in [-0.1, -0.05) is 13.8 Å². The van der Waals surface area contributed by atoms with Gasteiger partial charge in [0.25, 0.3) is 0 Å². The summed E-state index contributed by atoms with van der Waals surface area (Å²) >= 11 is 6.89. The first-order valence-corrected chi connectivity index (χ1v) is 7.50. The largest absolute Gasteiger partial charge is 0.488 e. The Hall–Kier alpha value is -0.130. The van der Waals surface area contributed by atoms with E-state index in [1.165, 1.54) is 0 Å². The van der Waals surface area contributed by atoms with Gasteiger partial charge in [-0.2, -0.15) is 0 Å². The Labute approximate surface area is 125 Å². The minimum absolute atomic E-state index is 0.0716. The van der Waals surface area contributed by atoms with Crippen molar-refractivity contribution in [3.8, 4) is 5.75 Å². The fourth-order valence-electron chi connectivity index (χ4n) is 1.50. The minimum atomic E-state index is -0.490. The van der Waals surface area contributed by atoms with Crippen LogP contribution in [0.2, 0.25) is 0 Å². The summed E-state index contributed by atoms with van der Waals surface area (Å²) in [5.41, 5.74) is 1.15. The lowest BCUT2D eigenvalue weighted by Crippen LogP contribution is -2.19. The number of hydrogen-bond donors (Lipinski definition) is 1. The van der Waals surface area contributed by atoms with Crippen LogP contribution in [0.5, 0.6) is 5.75 Å². The lowest BCUT2D eigenvalue weighted by Gasteiger charge is -2.12. The van der Waals surface area contributed by atoms with Crippen molar-refractivity contribution in [1.82, 2.24) is 5.32 Å². The Kier molecular flexibility index (Phi) is 7.19. The van der Waals surface area contributed by atoms with Crippen molar-refractivity contribution in [2.24, 2.45) is 5.92 Å². The second-order valence-electron chi connectivity index (χ2n) is 4.45. The minimum Gasteiger partial charge on any atom is -0.488 e. The van der Waals surface area contributed by atoms with Crippen LogP contribution in [0.3, 0.4) is 0 Å². The third kappa shape index (κ3) is 5.24. The fourth-order valence-corrected chi connectivity index (χ4v) is 3.01. The number of rotatable bonds is 7. The molecule has 1 aromatic rings. The van der Waals surface area contributed by atoms with Gasteiger partial charge in [-0.15, -0.1) is 0 Å². The molecule has 18 heavy (non-hydrogen) atoms. The molecule has 0 atom stereocenters. The first kappa shape index (κ1) is 15.9. The molecule has 0 aliphatic heterocycles. The summed E-state index contributed by atoms with van der Waals surface area (Å²) in [5.74, 6) is 1.28. The topological polar surface area (TPSA) is 21.3 Å². The van der Waals surface area contributed by atoms with Crippen LogP contribution in [0.15, 0.2) is 21.1 Å². The van der Waals surface area contributed by atoms with Crippen molar-refractivity contribution in [3.63, 3.8) is 0 Å². The molecule has 5 heteroatoms. The molecule has 1 N–H and O–H groups in total. The van der Waals surface area contributed by atoms with Gasteiger partial charge in [-0.25, -0.2) is 4.39 Å². The Morgan fingerprint density at radius 1 is 1.28 bits per heavy atom. The van der Waals surface area contributed by atoms with Gasteiger partial charge in [0.05, 0.1) is 8.95 Å². The molecule has 0 heterocycles. The smallest absolute Gasteiger partial charge is 0.147 e. The normalized spacial score (nSPS) is 11.0. The zero-order valence-corrected chi connectivity index (χ0v) is 13.8. The van der Waals surface area contributed by atoms with E-state index in [2.05, 4.69) is 51.0 Å². The summed E-state index contributed by atoms with van der Waals surface area (Å²) in [4.78, 5) is 0. The van der Waals surface area contributed by atoms with Crippen molar-refractivity contribution >= 4 is 31.9 Å². The molecule has 0 aliphatic carbocycles.